The molecule has 0 radical (unpaired) electrons. The highest BCUT2D eigenvalue weighted by Crippen LogP contribution is 2.33. The number of benzene rings is 2. The molecule has 2 aromatic rings. The molecular weight excluding hydrogens is 399 g/mol. The molecule has 1 heterocycles. The van der Waals surface area contributed by atoms with Gasteiger partial charge in [-0.3, -0.25) is 9.59 Å². The Bertz CT molecular complexity index is 926. The molecular formula is C19H15F5N2O3. The van der Waals surface area contributed by atoms with Gasteiger partial charge >= 0.3 is 6.18 Å². The van der Waals surface area contributed by atoms with Crippen LogP contribution >= 0.6 is 0 Å². The highest BCUT2D eigenvalue weighted by molar-refractivity contribution is 5.94. The van der Waals surface area contributed by atoms with Crippen LogP contribution in [0.2, 0.25) is 0 Å². The molecule has 1 saturated heterocycles. The number of alkyl halides is 3. The number of carbonyl (C=O) groups is 2. The quantitative estimate of drug-likeness (QED) is 0.763. The first-order chi connectivity index (χ1) is 13.6. The maximum Gasteiger partial charge on any atom is 0.419 e. The number of nitrogens with zero attached hydrogens (tertiary/aromatic N) is 1. The molecule has 1 aliphatic rings. The van der Waals surface area contributed by atoms with Gasteiger partial charge in [0, 0.05) is 18.8 Å². The Labute approximate surface area is 162 Å². The second kappa shape index (κ2) is 8.06. The Balaban J connectivity index is 1.50. The number of hydrogen-bond acceptors (Lipinski definition) is 3. The SMILES string of the molecule is O=C(Nc1ccc(F)c(C(F)(F)F)c1)C1CN(C(=O)COc2ccccc2F)C1. The van der Waals surface area contributed by atoms with Crippen LogP contribution in [0.3, 0.4) is 0 Å². The molecule has 1 N–H and O–H groups in total. The Kier molecular flexibility index (Phi) is 5.71. The van der Waals surface area contributed by atoms with E-state index in [1.54, 1.807) is 6.07 Å². The predicted molar refractivity (Wildman–Crippen MR) is 92.0 cm³/mol. The van der Waals surface area contributed by atoms with Gasteiger partial charge in [-0.1, -0.05) is 12.1 Å². The van der Waals surface area contributed by atoms with Gasteiger partial charge in [0.25, 0.3) is 5.91 Å². The van der Waals surface area contributed by atoms with E-state index in [-0.39, 0.29) is 24.5 Å². The summed E-state index contributed by atoms with van der Waals surface area (Å²) in [7, 11) is 0. The number of amides is 2. The molecule has 2 amide bonds. The summed E-state index contributed by atoms with van der Waals surface area (Å²) in [6.07, 6.45) is -4.89. The van der Waals surface area contributed by atoms with Crippen molar-refractivity contribution in [3.8, 4) is 5.75 Å². The zero-order valence-corrected chi connectivity index (χ0v) is 14.8. The Morgan fingerprint density at radius 2 is 1.76 bits per heavy atom. The fraction of sp³-hybridized carbons (Fsp3) is 0.263. The summed E-state index contributed by atoms with van der Waals surface area (Å²) in [6.45, 7) is -0.334. The average molecular weight is 414 g/mol. The monoisotopic (exact) mass is 414 g/mol. The van der Waals surface area contributed by atoms with E-state index in [0.29, 0.717) is 12.1 Å². The highest BCUT2D eigenvalue weighted by Gasteiger charge is 2.37. The van der Waals surface area contributed by atoms with Crippen molar-refractivity contribution >= 4 is 17.5 Å². The molecule has 0 atom stereocenters. The lowest BCUT2D eigenvalue weighted by Gasteiger charge is -2.38. The van der Waals surface area contributed by atoms with E-state index in [1.807, 2.05) is 0 Å². The number of likely N-dealkylation sites (tertiary alicyclic amines) is 1. The lowest BCUT2D eigenvalue weighted by molar-refractivity contribution is -0.143. The molecule has 2 aromatic carbocycles. The van der Waals surface area contributed by atoms with E-state index in [2.05, 4.69) is 5.32 Å². The third kappa shape index (κ3) is 4.82. The van der Waals surface area contributed by atoms with E-state index in [1.165, 1.54) is 23.1 Å². The second-order valence-corrected chi connectivity index (χ2v) is 6.40. The zero-order chi connectivity index (χ0) is 21.2. The molecule has 5 nitrogen and oxygen atoms in total. The molecule has 0 unspecified atom stereocenters. The summed E-state index contributed by atoms with van der Waals surface area (Å²) in [5.41, 5.74) is -1.68. The summed E-state index contributed by atoms with van der Waals surface area (Å²) in [5.74, 6) is -3.81. The van der Waals surface area contributed by atoms with Crippen LogP contribution in [-0.2, 0) is 15.8 Å². The molecule has 0 aliphatic carbocycles. The molecule has 0 bridgehead atoms. The third-order valence-electron chi connectivity index (χ3n) is 4.33. The van der Waals surface area contributed by atoms with Crippen LogP contribution in [0.15, 0.2) is 42.5 Å². The van der Waals surface area contributed by atoms with E-state index in [4.69, 9.17) is 4.74 Å². The minimum atomic E-state index is -4.89. The van der Waals surface area contributed by atoms with Gasteiger partial charge in [0.15, 0.2) is 18.2 Å². The molecule has 0 saturated carbocycles. The van der Waals surface area contributed by atoms with Crippen LogP contribution in [0.25, 0.3) is 0 Å². The number of ether oxygens (including phenoxy) is 1. The smallest absolute Gasteiger partial charge is 0.419 e. The van der Waals surface area contributed by atoms with Crippen LogP contribution in [0.4, 0.5) is 27.6 Å². The first kappa shape index (κ1) is 20.6. The fourth-order valence-corrected chi connectivity index (χ4v) is 2.71. The second-order valence-electron chi connectivity index (χ2n) is 6.40. The van der Waals surface area contributed by atoms with Crippen molar-refractivity contribution in [2.75, 3.05) is 25.0 Å². The molecule has 1 aliphatic heterocycles. The van der Waals surface area contributed by atoms with Gasteiger partial charge in [-0.05, 0) is 30.3 Å². The average Bonchev–Trinajstić information content (AvgIpc) is 2.60. The van der Waals surface area contributed by atoms with Crippen molar-refractivity contribution in [3.63, 3.8) is 0 Å². The first-order valence-corrected chi connectivity index (χ1v) is 8.48. The minimum absolute atomic E-state index is 0.0403. The summed E-state index contributed by atoms with van der Waals surface area (Å²) in [6, 6.07) is 7.72. The first-order valence-electron chi connectivity index (χ1n) is 8.48. The normalized spacial score (nSPS) is 14.3. The van der Waals surface area contributed by atoms with Gasteiger partial charge in [0.2, 0.25) is 5.91 Å². The summed E-state index contributed by atoms with van der Waals surface area (Å²) < 4.78 is 70.0. The Morgan fingerprint density at radius 3 is 2.41 bits per heavy atom. The lowest BCUT2D eigenvalue weighted by Crippen LogP contribution is -2.55. The van der Waals surface area contributed by atoms with Crippen molar-refractivity contribution in [1.82, 2.24) is 4.90 Å². The zero-order valence-electron chi connectivity index (χ0n) is 14.8. The molecule has 1 fully saturated rings. The van der Waals surface area contributed by atoms with Crippen molar-refractivity contribution in [3.05, 3.63) is 59.7 Å². The van der Waals surface area contributed by atoms with Gasteiger partial charge in [0.05, 0.1) is 11.5 Å². The molecule has 10 heteroatoms. The minimum Gasteiger partial charge on any atom is -0.481 e. The van der Waals surface area contributed by atoms with E-state index in [0.717, 1.165) is 6.07 Å². The maximum absolute atomic E-state index is 13.4. The van der Waals surface area contributed by atoms with E-state index < -0.39 is 47.7 Å². The summed E-state index contributed by atoms with van der Waals surface area (Å²) in [4.78, 5) is 25.4. The molecule has 0 aromatic heterocycles. The maximum atomic E-state index is 13.4. The van der Waals surface area contributed by atoms with Crippen molar-refractivity contribution in [1.29, 1.82) is 0 Å². The number of rotatable bonds is 5. The van der Waals surface area contributed by atoms with Crippen LogP contribution in [0, 0.1) is 17.6 Å². The van der Waals surface area contributed by atoms with Crippen LogP contribution in [-0.4, -0.2) is 36.4 Å². The Hall–Kier alpha value is -3.17. The third-order valence-corrected chi connectivity index (χ3v) is 4.33. The van der Waals surface area contributed by atoms with Crippen molar-refractivity contribution in [2.45, 2.75) is 6.18 Å². The largest absolute Gasteiger partial charge is 0.481 e. The number of hydrogen-bond donors (Lipinski definition) is 1. The summed E-state index contributed by atoms with van der Waals surface area (Å²) >= 11 is 0. The van der Waals surface area contributed by atoms with Crippen molar-refractivity contribution in [2.24, 2.45) is 5.92 Å². The number of nitrogens with one attached hydrogen (secondary N) is 1. The number of anilines is 1. The van der Waals surface area contributed by atoms with E-state index >= 15 is 0 Å². The van der Waals surface area contributed by atoms with Crippen molar-refractivity contribution < 1.29 is 36.3 Å². The molecule has 3 rings (SSSR count). The molecule has 0 spiro atoms. The predicted octanol–water partition coefficient (Wildman–Crippen LogP) is 3.46. The number of para-hydroxylation sites is 1. The lowest BCUT2D eigenvalue weighted by atomic mass is 9.99. The van der Waals surface area contributed by atoms with E-state index in [9.17, 15) is 31.5 Å². The summed E-state index contributed by atoms with van der Waals surface area (Å²) in [5, 5.41) is 2.28. The van der Waals surface area contributed by atoms with Crippen LogP contribution < -0.4 is 10.1 Å². The van der Waals surface area contributed by atoms with Gasteiger partial charge in [-0.15, -0.1) is 0 Å². The number of halogens is 5. The fourth-order valence-electron chi connectivity index (χ4n) is 2.71. The van der Waals surface area contributed by atoms with Crippen LogP contribution in [0.5, 0.6) is 5.75 Å². The van der Waals surface area contributed by atoms with Gasteiger partial charge in [0.1, 0.15) is 5.82 Å². The Morgan fingerprint density at radius 1 is 1.07 bits per heavy atom. The molecule has 154 valence electrons. The molecule has 29 heavy (non-hydrogen) atoms. The standard InChI is InChI=1S/C19H15F5N2O3/c20-14-6-5-12(7-13(14)19(22,23)24)25-18(28)11-8-26(9-11)17(27)10-29-16-4-2-1-3-15(16)21/h1-7,11H,8-10H2,(H,25,28). The topological polar surface area (TPSA) is 58.6 Å². The van der Waals surface area contributed by atoms with Crippen LogP contribution in [0.1, 0.15) is 5.56 Å². The van der Waals surface area contributed by atoms with Gasteiger partial charge < -0.3 is 15.0 Å². The highest BCUT2D eigenvalue weighted by atomic mass is 19.4. The van der Waals surface area contributed by atoms with Gasteiger partial charge in [-0.2, -0.15) is 13.2 Å². The number of carbonyl (C=O) groups excluding carboxylic acids is 2. The van der Waals surface area contributed by atoms with Gasteiger partial charge in [-0.25, -0.2) is 8.78 Å².